The first-order valence-corrected chi connectivity index (χ1v) is 4.73. The van der Waals surface area contributed by atoms with E-state index in [2.05, 4.69) is 36.8 Å². The van der Waals surface area contributed by atoms with E-state index >= 15 is 0 Å². The molecule has 0 aliphatic heterocycles. The first kappa shape index (κ1) is 9.25. The number of rotatable bonds is 2. The Labute approximate surface area is 81.8 Å². The van der Waals surface area contributed by atoms with Gasteiger partial charge in [-0.05, 0) is 37.9 Å². The van der Waals surface area contributed by atoms with Gasteiger partial charge >= 0.3 is 0 Å². The Bertz CT molecular complexity index is 226. The van der Waals surface area contributed by atoms with Crippen LogP contribution < -0.4 is 11.5 Å². The van der Waals surface area contributed by atoms with Crippen LogP contribution in [0.25, 0.3) is 0 Å². The number of aromatic amines is 1. The lowest BCUT2D eigenvalue weighted by molar-refractivity contribution is 0.715. The molecule has 0 spiro atoms. The zero-order chi connectivity index (χ0) is 8.43. The number of aromatic nitrogens is 1. The third kappa shape index (κ3) is 2.05. The van der Waals surface area contributed by atoms with Gasteiger partial charge < -0.3 is 16.5 Å². The molecule has 0 fully saturated rings. The minimum atomic E-state index is -0.113. The van der Waals surface area contributed by atoms with Crippen LogP contribution in [-0.2, 0) is 0 Å². The second kappa shape index (κ2) is 3.71. The molecular weight excluding hydrogens is 274 g/mol. The van der Waals surface area contributed by atoms with Crippen LogP contribution in [0.3, 0.4) is 0 Å². The third-order valence-corrected chi connectivity index (χ3v) is 3.18. The van der Waals surface area contributed by atoms with E-state index in [1.165, 1.54) is 0 Å². The monoisotopic (exact) mass is 281 g/mol. The first-order chi connectivity index (χ1) is 5.15. The van der Waals surface area contributed by atoms with Crippen molar-refractivity contribution in [1.29, 1.82) is 0 Å². The lowest BCUT2D eigenvalue weighted by atomic mass is 10.2. The predicted molar refractivity (Wildman–Crippen MR) is 52.2 cm³/mol. The molecule has 1 unspecified atom stereocenters. The van der Waals surface area contributed by atoms with E-state index in [1.807, 2.05) is 6.07 Å². The van der Waals surface area contributed by atoms with Gasteiger partial charge in [-0.2, -0.15) is 0 Å². The lowest BCUT2D eigenvalue weighted by Gasteiger charge is -2.03. The van der Waals surface area contributed by atoms with Crippen molar-refractivity contribution in [3.8, 4) is 0 Å². The van der Waals surface area contributed by atoms with E-state index in [-0.39, 0.29) is 6.04 Å². The van der Waals surface area contributed by atoms with Gasteiger partial charge in [-0.1, -0.05) is 0 Å². The summed E-state index contributed by atoms with van der Waals surface area (Å²) in [5.74, 6) is 0. The van der Waals surface area contributed by atoms with Crippen LogP contribution in [0.4, 0.5) is 0 Å². The highest BCUT2D eigenvalue weighted by Crippen LogP contribution is 2.25. The smallest absolute Gasteiger partial charge is 0.0966 e. The van der Waals surface area contributed by atoms with Crippen molar-refractivity contribution in [2.75, 3.05) is 6.54 Å². The van der Waals surface area contributed by atoms with Gasteiger partial charge in [0.05, 0.1) is 10.6 Å². The van der Waals surface area contributed by atoms with Crippen LogP contribution in [0, 0.1) is 0 Å². The zero-order valence-electron chi connectivity index (χ0n) is 5.77. The predicted octanol–water partition coefficient (Wildman–Crippen LogP) is 1.50. The largest absolute Gasteiger partial charge is 0.351 e. The standard InChI is InChI=1S/C6H9Br2N3/c7-3-1-5(4(10)2-9)11-6(3)8/h1,4,11H,2,9-10H2. The maximum Gasteiger partial charge on any atom is 0.0966 e. The van der Waals surface area contributed by atoms with Gasteiger partial charge in [0.25, 0.3) is 0 Å². The van der Waals surface area contributed by atoms with Crippen molar-refractivity contribution in [2.45, 2.75) is 6.04 Å². The lowest BCUT2D eigenvalue weighted by Crippen LogP contribution is -2.20. The van der Waals surface area contributed by atoms with Crippen LogP contribution in [0.1, 0.15) is 11.7 Å². The summed E-state index contributed by atoms with van der Waals surface area (Å²) in [5.41, 5.74) is 12.0. The van der Waals surface area contributed by atoms with Crippen LogP contribution in [0.15, 0.2) is 15.1 Å². The Morgan fingerprint density at radius 1 is 1.55 bits per heavy atom. The third-order valence-electron chi connectivity index (χ3n) is 1.40. The minimum absolute atomic E-state index is 0.113. The molecular formula is C6H9Br2N3. The molecule has 0 bridgehead atoms. The van der Waals surface area contributed by atoms with Gasteiger partial charge in [0.2, 0.25) is 0 Å². The van der Waals surface area contributed by atoms with Gasteiger partial charge in [-0.3, -0.25) is 0 Å². The summed E-state index contributed by atoms with van der Waals surface area (Å²) in [7, 11) is 0. The molecule has 1 aromatic heterocycles. The van der Waals surface area contributed by atoms with E-state index in [1.54, 1.807) is 0 Å². The number of hydrogen-bond acceptors (Lipinski definition) is 2. The highest BCUT2D eigenvalue weighted by atomic mass is 79.9. The maximum absolute atomic E-state index is 5.68. The topological polar surface area (TPSA) is 67.8 Å². The number of halogens is 2. The Morgan fingerprint density at radius 2 is 2.18 bits per heavy atom. The van der Waals surface area contributed by atoms with Gasteiger partial charge in [-0.25, -0.2) is 0 Å². The molecule has 0 aromatic carbocycles. The molecule has 0 aliphatic carbocycles. The molecule has 1 atom stereocenters. The summed E-state index contributed by atoms with van der Waals surface area (Å²) in [4.78, 5) is 3.06. The Balaban J connectivity index is 2.88. The van der Waals surface area contributed by atoms with Crippen molar-refractivity contribution < 1.29 is 0 Å². The van der Waals surface area contributed by atoms with Gasteiger partial charge in [-0.15, -0.1) is 0 Å². The van der Waals surface area contributed by atoms with Crippen molar-refractivity contribution in [2.24, 2.45) is 11.5 Å². The summed E-state index contributed by atoms with van der Waals surface area (Å²) in [6, 6.07) is 1.80. The summed E-state index contributed by atoms with van der Waals surface area (Å²) in [5, 5.41) is 0. The highest BCUT2D eigenvalue weighted by molar-refractivity contribution is 9.13. The molecule has 0 aliphatic rings. The molecule has 3 nitrogen and oxygen atoms in total. The highest BCUT2D eigenvalue weighted by Gasteiger charge is 2.08. The molecule has 62 valence electrons. The zero-order valence-corrected chi connectivity index (χ0v) is 8.94. The van der Waals surface area contributed by atoms with Crippen molar-refractivity contribution >= 4 is 31.9 Å². The molecule has 1 heterocycles. The van der Waals surface area contributed by atoms with E-state index < -0.39 is 0 Å². The van der Waals surface area contributed by atoms with Crippen LogP contribution in [0.5, 0.6) is 0 Å². The fourth-order valence-electron chi connectivity index (χ4n) is 0.749. The molecule has 0 amide bonds. The summed E-state index contributed by atoms with van der Waals surface area (Å²) in [6.07, 6.45) is 0. The Hall–Kier alpha value is 0.160. The fraction of sp³-hybridized carbons (Fsp3) is 0.333. The molecule has 5 N–H and O–H groups in total. The average Bonchev–Trinajstić information content (AvgIpc) is 2.31. The fourth-order valence-corrected chi connectivity index (χ4v) is 1.44. The second-order valence-corrected chi connectivity index (χ2v) is 3.88. The summed E-state index contributed by atoms with van der Waals surface area (Å²) < 4.78 is 1.87. The molecule has 0 radical (unpaired) electrons. The van der Waals surface area contributed by atoms with Crippen molar-refractivity contribution in [3.05, 3.63) is 20.8 Å². The molecule has 0 saturated carbocycles. The number of nitrogens with one attached hydrogen (secondary N) is 1. The molecule has 5 heteroatoms. The Kier molecular flexibility index (Phi) is 3.12. The molecule has 11 heavy (non-hydrogen) atoms. The van der Waals surface area contributed by atoms with Crippen LogP contribution in [-0.4, -0.2) is 11.5 Å². The van der Waals surface area contributed by atoms with Crippen molar-refractivity contribution in [1.82, 2.24) is 4.98 Å². The van der Waals surface area contributed by atoms with E-state index in [0.717, 1.165) is 14.8 Å². The van der Waals surface area contributed by atoms with E-state index in [9.17, 15) is 0 Å². The maximum atomic E-state index is 5.68. The van der Waals surface area contributed by atoms with Gasteiger partial charge in [0, 0.05) is 16.7 Å². The van der Waals surface area contributed by atoms with Crippen LogP contribution >= 0.6 is 31.9 Å². The van der Waals surface area contributed by atoms with E-state index in [0.29, 0.717) is 6.54 Å². The van der Waals surface area contributed by atoms with Crippen LogP contribution in [0.2, 0.25) is 0 Å². The molecule has 1 aromatic rings. The Morgan fingerprint density at radius 3 is 2.55 bits per heavy atom. The number of hydrogen-bond donors (Lipinski definition) is 3. The normalized spacial score (nSPS) is 13.5. The summed E-state index contributed by atoms with van der Waals surface area (Å²) >= 11 is 6.65. The quantitative estimate of drug-likeness (QED) is 0.770. The first-order valence-electron chi connectivity index (χ1n) is 3.14. The SMILES string of the molecule is NCC(N)c1cc(Br)c(Br)[nH]1. The van der Waals surface area contributed by atoms with E-state index in [4.69, 9.17) is 11.5 Å². The van der Waals surface area contributed by atoms with Gasteiger partial charge in [0.1, 0.15) is 0 Å². The number of nitrogens with two attached hydrogens (primary N) is 2. The number of H-pyrrole nitrogens is 1. The van der Waals surface area contributed by atoms with Gasteiger partial charge in [0.15, 0.2) is 0 Å². The second-order valence-electron chi connectivity index (χ2n) is 2.23. The molecule has 0 saturated heterocycles. The average molecular weight is 283 g/mol. The van der Waals surface area contributed by atoms with Crippen molar-refractivity contribution in [3.63, 3.8) is 0 Å². The molecule has 1 rings (SSSR count). The minimum Gasteiger partial charge on any atom is -0.351 e. The summed E-state index contributed by atoms with van der Waals surface area (Å²) in [6.45, 7) is 0.444.